The van der Waals surface area contributed by atoms with E-state index in [4.69, 9.17) is 4.74 Å². The van der Waals surface area contributed by atoms with Crippen molar-refractivity contribution in [2.24, 2.45) is 17.8 Å². The maximum atomic E-state index is 14.9. The summed E-state index contributed by atoms with van der Waals surface area (Å²) in [7, 11) is 1.43. The summed E-state index contributed by atoms with van der Waals surface area (Å²) in [4.78, 5) is 0. The van der Waals surface area contributed by atoms with Gasteiger partial charge in [0.2, 0.25) is 0 Å². The second-order valence-corrected chi connectivity index (χ2v) is 8.29. The van der Waals surface area contributed by atoms with E-state index in [-0.39, 0.29) is 17.5 Å². The summed E-state index contributed by atoms with van der Waals surface area (Å²) in [6.45, 7) is 2.30. The van der Waals surface area contributed by atoms with Crippen LogP contribution in [0.4, 0.5) is 8.78 Å². The lowest BCUT2D eigenvalue weighted by Gasteiger charge is -2.42. The van der Waals surface area contributed by atoms with E-state index in [2.05, 4.69) is 6.92 Å². The van der Waals surface area contributed by atoms with Crippen molar-refractivity contribution in [3.05, 3.63) is 41.5 Å². The molecule has 2 aromatic carbocycles. The van der Waals surface area contributed by atoms with Crippen LogP contribution in [0.1, 0.15) is 63.4 Å². The molecule has 2 aromatic rings. The summed E-state index contributed by atoms with van der Waals surface area (Å²) in [5.41, 5.74) is 0.776. The zero-order chi connectivity index (χ0) is 18.3. The third kappa shape index (κ3) is 3.10. The Morgan fingerprint density at radius 2 is 1.77 bits per heavy atom. The average molecular weight is 358 g/mol. The molecule has 0 aromatic heterocycles. The summed E-state index contributed by atoms with van der Waals surface area (Å²) in [6, 6.07) is 6.69. The molecule has 2 aliphatic rings. The smallest absolute Gasteiger partial charge is 0.172 e. The number of hydrogen-bond acceptors (Lipinski definition) is 1. The van der Waals surface area contributed by atoms with Gasteiger partial charge in [-0.25, -0.2) is 8.78 Å². The van der Waals surface area contributed by atoms with E-state index in [1.807, 2.05) is 12.1 Å². The fourth-order valence-electron chi connectivity index (χ4n) is 5.42. The minimum atomic E-state index is -0.475. The fourth-order valence-corrected chi connectivity index (χ4v) is 5.42. The molecule has 2 saturated carbocycles. The first kappa shape index (κ1) is 17.8. The van der Waals surface area contributed by atoms with Crippen LogP contribution in [0, 0.1) is 29.4 Å². The highest BCUT2D eigenvalue weighted by Crippen LogP contribution is 2.48. The summed E-state index contributed by atoms with van der Waals surface area (Å²) in [6.07, 6.45) is 8.62. The molecule has 26 heavy (non-hydrogen) atoms. The van der Waals surface area contributed by atoms with Crippen LogP contribution in [-0.4, -0.2) is 7.11 Å². The van der Waals surface area contributed by atoms with E-state index in [0.29, 0.717) is 5.39 Å². The van der Waals surface area contributed by atoms with Gasteiger partial charge in [0, 0.05) is 5.39 Å². The van der Waals surface area contributed by atoms with Crippen LogP contribution >= 0.6 is 0 Å². The number of fused-ring (bicyclic) bond motifs is 2. The predicted molar refractivity (Wildman–Crippen MR) is 102 cm³/mol. The molecule has 2 aliphatic carbocycles. The number of ether oxygens (including phenoxy) is 1. The molecule has 4 rings (SSSR count). The Bertz CT molecular complexity index is 800. The highest BCUT2D eigenvalue weighted by Gasteiger charge is 2.36. The largest absolute Gasteiger partial charge is 0.494 e. The molecule has 3 heteroatoms. The number of benzene rings is 2. The van der Waals surface area contributed by atoms with Crippen LogP contribution in [0.2, 0.25) is 0 Å². The third-order valence-electron chi connectivity index (χ3n) is 6.99. The van der Waals surface area contributed by atoms with Gasteiger partial charge in [-0.3, -0.25) is 0 Å². The predicted octanol–water partition coefficient (Wildman–Crippen LogP) is 6.84. The third-order valence-corrected chi connectivity index (χ3v) is 6.99. The molecule has 0 bridgehead atoms. The molecule has 0 saturated heterocycles. The molecule has 0 amide bonds. The molecule has 0 N–H and O–H groups in total. The molecule has 4 unspecified atom stereocenters. The van der Waals surface area contributed by atoms with Crippen molar-refractivity contribution in [3.63, 3.8) is 0 Å². The number of halogens is 2. The van der Waals surface area contributed by atoms with E-state index in [9.17, 15) is 8.78 Å². The van der Waals surface area contributed by atoms with E-state index >= 15 is 0 Å². The van der Waals surface area contributed by atoms with Crippen molar-refractivity contribution in [1.82, 2.24) is 0 Å². The standard InChI is InChI=1S/C23H28F2O/c1-3-14-4-5-16-11-17(7-6-15(16)10-14)19-12-18-8-9-22(26-2)23(25)20(18)13-21(19)24/h8-9,12-17H,3-7,10-11H2,1-2H3. The molecule has 0 heterocycles. The van der Waals surface area contributed by atoms with E-state index < -0.39 is 5.82 Å². The van der Waals surface area contributed by atoms with Crippen molar-refractivity contribution >= 4 is 10.8 Å². The molecular formula is C23H28F2O. The van der Waals surface area contributed by atoms with Crippen LogP contribution in [0.15, 0.2) is 24.3 Å². The van der Waals surface area contributed by atoms with E-state index in [1.54, 1.807) is 6.07 Å². The SMILES string of the molecule is CCC1CCC2CC(c3cc4ccc(OC)c(F)c4cc3F)CCC2C1. The van der Waals surface area contributed by atoms with Crippen LogP contribution < -0.4 is 4.74 Å². The lowest BCUT2D eigenvalue weighted by Crippen LogP contribution is -2.30. The van der Waals surface area contributed by atoms with Crippen LogP contribution in [-0.2, 0) is 0 Å². The quantitative estimate of drug-likeness (QED) is 0.584. The minimum absolute atomic E-state index is 0.165. The lowest BCUT2D eigenvalue weighted by atomic mass is 9.63. The molecule has 0 spiro atoms. The molecule has 4 atom stereocenters. The summed E-state index contributed by atoms with van der Waals surface area (Å²) in [5.74, 6) is 2.15. The van der Waals surface area contributed by atoms with Gasteiger partial charge in [-0.15, -0.1) is 0 Å². The van der Waals surface area contributed by atoms with Gasteiger partial charge in [0.05, 0.1) is 7.11 Å². The van der Waals surface area contributed by atoms with Gasteiger partial charge in [0.15, 0.2) is 11.6 Å². The van der Waals surface area contributed by atoms with Gasteiger partial charge < -0.3 is 4.74 Å². The minimum Gasteiger partial charge on any atom is -0.494 e. The highest BCUT2D eigenvalue weighted by atomic mass is 19.1. The van der Waals surface area contributed by atoms with Crippen LogP contribution in [0.3, 0.4) is 0 Å². The van der Waals surface area contributed by atoms with E-state index in [1.165, 1.54) is 45.3 Å². The average Bonchev–Trinajstić information content (AvgIpc) is 2.67. The molecule has 140 valence electrons. The van der Waals surface area contributed by atoms with Crippen LogP contribution in [0.5, 0.6) is 5.75 Å². The fraction of sp³-hybridized carbons (Fsp3) is 0.565. The summed E-state index contributed by atoms with van der Waals surface area (Å²) < 4.78 is 34.3. The Labute approximate surface area is 154 Å². The van der Waals surface area contributed by atoms with Crippen LogP contribution in [0.25, 0.3) is 10.8 Å². The monoisotopic (exact) mass is 358 g/mol. The lowest BCUT2D eigenvalue weighted by molar-refractivity contribution is 0.115. The van der Waals surface area contributed by atoms with Crippen molar-refractivity contribution < 1.29 is 13.5 Å². The van der Waals surface area contributed by atoms with Crippen molar-refractivity contribution in [1.29, 1.82) is 0 Å². The zero-order valence-electron chi connectivity index (χ0n) is 15.7. The maximum Gasteiger partial charge on any atom is 0.172 e. The number of rotatable bonds is 3. The molecule has 0 radical (unpaired) electrons. The van der Waals surface area contributed by atoms with Gasteiger partial charge in [-0.05, 0) is 84.9 Å². The summed E-state index contributed by atoms with van der Waals surface area (Å²) >= 11 is 0. The van der Waals surface area contributed by atoms with Gasteiger partial charge in [0.25, 0.3) is 0 Å². The Hall–Kier alpha value is -1.64. The highest BCUT2D eigenvalue weighted by molar-refractivity contribution is 5.85. The van der Waals surface area contributed by atoms with Gasteiger partial charge in [0.1, 0.15) is 5.82 Å². The summed E-state index contributed by atoms with van der Waals surface area (Å²) in [5, 5.41) is 1.07. The first-order valence-electron chi connectivity index (χ1n) is 10.1. The Kier molecular flexibility index (Phi) is 4.90. The Morgan fingerprint density at radius 3 is 2.54 bits per heavy atom. The van der Waals surface area contributed by atoms with Crippen molar-refractivity contribution in [3.8, 4) is 5.75 Å². The first-order chi connectivity index (χ1) is 12.6. The topological polar surface area (TPSA) is 9.23 Å². The number of methoxy groups -OCH3 is 1. The van der Waals surface area contributed by atoms with Crippen molar-refractivity contribution in [2.45, 2.75) is 57.8 Å². The maximum absolute atomic E-state index is 14.9. The van der Waals surface area contributed by atoms with E-state index in [0.717, 1.165) is 41.5 Å². The Morgan fingerprint density at radius 1 is 1.00 bits per heavy atom. The zero-order valence-corrected chi connectivity index (χ0v) is 15.7. The second kappa shape index (κ2) is 7.17. The molecular weight excluding hydrogens is 330 g/mol. The van der Waals surface area contributed by atoms with Gasteiger partial charge in [-0.1, -0.05) is 25.8 Å². The Balaban J connectivity index is 1.60. The van der Waals surface area contributed by atoms with Gasteiger partial charge >= 0.3 is 0 Å². The molecule has 1 nitrogen and oxygen atoms in total. The normalized spacial score (nSPS) is 28.8. The van der Waals surface area contributed by atoms with Gasteiger partial charge in [-0.2, -0.15) is 0 Å². The number of hydrogen-bond donors (Lipinski definition) is 0. The van der Waals surface area contributed by atoms with Crippen molar-refractivity contribution in [2.75, 3.05) is 7.11 Å². The molecule has 0 aliphatic heterocycles. The second-order valence-electron chi connectivity index (χ2n) is 8.29. The first-order valence-corrected chi connectivity index (χ1v) is 10.1. The molecule has 2 fully saturated rings.